The van der Waals surface area contributed by atoms with Crippen molar-refractivity contribution in [2.45, 2.75) is 0 Å². The van der Waals surface area contributed by atoms with E-state index in [0.717, 1.165) is 0 Å². The van der Waals surface area contributed by atoms with Gasteiger partial charge in [0.25, 0.3) is 6.01 Å². The third-order valence-corrected chi connectivity index (χ3v) is 3.02. The van der Waals surface area contributed by atoms with Crippen LogP contribution in [0.2, 0.25) is 0 Å². The maximum absolute atomic E-state index is 12.1. The van der Waals surface area contributed by atoms with Crippen molar-refractivity contribution in [3.8, 4) is 0 Å². The van der Waals surface area contributed by atoms with E-state index in [1.807, 2.05) is 14.1 Å². The second-order valence-electron chi connectivity index (χ2n) is 4.96. The van der Waals surface area contributed by atoms with E-state index < -0.39 is 0 Å². The molecule has 0 radical (unpaired) electrons. The van der Waals surface area contributed by atoms with Crippen molar-refractivity contribution in [3.05, 3.63) is 30.9 Å². The summed E-state index contributed by atoms with van der Waals surface area (Å²) in [5.74, 6) is 0. The number of aliphatic hydroxyl groups excluding tert-OH is 1. The zero-order chi connectivity index (χ0) is 16.1. The van der Waals surface area contributed by atoms with E-state index in [0.29, 0.717) is 29.3 Å². The van der Waals surface area contributed by atoms with E-state index in [4.69, 9.17) is 9.52 Å². The number of oxazole rings is 1. The van der Waals surface area contributed by atoms with Gasteiger partial charge in [-0.25, -0.2) is 4.79 Å². The summed E-state index contributed by atoms with van der Waals surface area (Å²) < 4.78 is 5.56. The predicted octanol–water partition coefficient (Wildman–Crippen LogP) is 1.91. The number of urea groups is 1. The number of benzene rings is 1. The number of nitrogens with zero attached hydrogens (tertiary/aromatic N) is 3. The Morgan fingerprint density at radius 3 is 2.91 bits per heavy atom. The maximum Gasteiger partial charge on any atom is 0.322 e. The summed E-state index contributed by atoms with van der Waals surface area (Å²) in [7, 11) is 3.69. The van der Waals surface area contributed by atoms with Crippen molar-refractivity contribution in [2.75, 3.05) is 44.0 Å². The first kappa shape index (κ1) is 15.8. The van der Waals surface area contributed by atoms with Crippen LogP contribution in [0.15, 0.2) is 35.3 Å². The molecule has 2 N–H and O–H groups in total. The number of nitrogens with one attached hydrogen (secondary N) is 1. The van der Waals surface area contributed by atoms with Crippen LogP contribution < -0.4 is 10.2 Å². The third kappa shape index (κ3) is 3.56. The molecule has 2 aromatic rings. The fourth-order valence-corrected chi connectivity index (χ4v) is 1.94. The van der Waals surface area contributed by atoms with Crippen LogP contribution >= 0.6 is 0 Å². The monoisotopic (exact) mass is 304 g/mol. The van der Waals surface area contributed by atoms with E-state index in [-0.39, 0.29) is 19.2 Å². The topological polar surface area (TPSA) is 81.8 Å². The highest BCUT2D eigenvalue weighted by molar-refractivity contribution is 5.92. The number of aliphatic hydroxyl groups is 1. The quantitative estimate of drug-likeness (QED) is 0.797. The van der Waals surface area contributed by atoms with Crippen molar-refractivity contribution < 1.29 is 14.3 Å². The first-order valence-electron chi connectivity index (χ1n) is 6.90. The number of carbonyl (C=O) groups is 1. The second kappa shape index (κ2) is 6.95. The van der Waals surface area contributed by atoms with Crippen molar-refractivity contribution in [1.29, 1.82) is 0 Å². The number of aromatic nitrogens is 1. The van der Waals surface area contributed by atoms with E-state index in [1.165, 1.54) is 4.90 Å². The highest BCUT2D eigenvalue weighted by Gasteiger charge is 2.13. The Morgan fingerprint density at radius 1 is 1.50 bits per heavy atom. The molecule has 118 valence electrons. The van der Waals surface area contributed by atoms with Gasteiger partial charge in [-0.05, 0) is 18.2 Å². The number of carbonyl (C=O) groups excluding carboxylic acids is 1. The summed E-state index contributed by atoms with van der Waals surface area (Å²) in [6, 6.07) is 5.45. The van der Waals surface area contributed by atoms with Crippen LogP contribution in [0.5, 0.6) is 0 Å². The fraction of sp³-hybridized carbons (Fsp3) is 0.333. The van der Waals surface area contributed by atoms with Crippen LogP contribution in [-0.4, -0.2) is 54.8 Å². The number of anilines is 2. The van der Waals surface area contributed by atoms with Gasteiger partial charge in [0.1, 0.15) is 5.52 Å². The van der Waals surface area contributed by atoms with E-state index in [2.05, 4.69) is 16.9 Å². The van der Waals surface area contributed by atoms with Crippen molar-refractivity contribution in [3.63, 3.8) is 0 Å². The SMILES string of the molecule is C=CCN(CCO)C(=O)Nc1ccc2oc(N(C)C)nc2c1. The first-order chi connectivity index (χ1) is 10.5. The molecular formula is C15H20N4O3. The lowest BCUT2D eigenvalue weighted by molar-refractivity contribution is 0.195. The summed E-state index contributed by atoms with van der Waals surface area (Å²) in [6.45, 7) is 4.11. The lowest BCUT2D eigenvalue weighted by Crippen LogP contribution is -2.37. The average molecular weight is 304 g/mol. The van der Waals surface area contributed by atoms with Gasteiger partial charge in [-0.2, -0.15) is 4.98 Å². The average Bonchev–Trinajstić information content (AvgIpc) is 2.90. The molecular weight excluding hydrogens is 284 g/mol. The Labute approximate surface area is 128 Å². The summed E-state index contributed by atoms with van der Waals surface area (Å²) in [5, 5.41) is 11.8. The van der Waals surface area contributed by atoms with Crippen molar-refractivity contribution >= 4 is 28.8 Å². The lowest BCUT2D eigenvalue weighted by Gasteiger charge is -2.20. The minimum Gasteiger partial charge on any atom is -0.423 e. The molecule has 7 heteroatoms. The molecule has 0 spiro atoms. The molecule has 0 atom stereocenters. The minimum absolute atomic E-state index is 0.101. The van der Waals surface area contributed by atoms with Gasteiger partial charge in [-0.15, -0.1) is 6.58 Å². The molecule has 0 saturated heterocycles. The Hall–Kier alpha value is -2.54. The summed E-state index contributed by atoms with van der Waals surface area (Å²) in [5.41, 5.74) is 1.93. The largest absolute Gasteiger partial charge is 0.423 e. The number of amides is 2. The Kier molecular flexibility index (Phi) is 5.00. The Morgan fingerprint density at radius 2 is 2.27 bits per heavy atom. The highest BCUT2D eigenvalue weighted by Crippen LogP contribution is 2.23. The maximum atomic E-state index is 12.1. The Bertz CT molecular complexity index is 666. The second-order valence-corrected chi connectivity index (χ2v) is 4.96. The van der Waals surface area contributed by atoms with E-state index in [9.17, 15) is 4.79 Å². The van der Waals surface area contributed by atoms with Gasteiger partial charge in [-0.1, -0.05) is 6.08 Å². The molecule has 22 heavy (non-hydrogen) atoms. The molecule has 0 bridgehead atoms. The number of hydrogen-bond acceptors (Lipinski definition) is 5. The van der Waals surface area contributed by atoms with Gasteiger partial charge < -0.3 is 24.6 Å². The van der Waals surface area contributed by atoms with Crippen LogP contribution in [0.1, 0.15) is 0 Å². The van der Waals surface area contributed by atoms with Crippen LogP contribution in [0.25, 0.3) is 11.1 Å². The fourth-order valence-electron chi connectivity index (χ4n) is 1.94. The highest BCUT2D eigenvalue weighted by atomic mass is 16.4. The van der Waals surface area contributed by atoms with Crippen LogP contribution in [0, 0.1) is 0 Å². The van der Waals surface area contributed by atoms with Crippen LogP contribution in [0.3, 0.4) is 0 Å². The zero-order valence-corrected chi connectivity index (χ0v) is 12.7. The molecule has 0 saturated carbocycles. The molecule has 2 rings (SSSR count). The molecule has 0 aliphatic rings. The number of hydrogen-bond donors (Lipinski definition) is 2. The third-order valence-electron chi connectivity index (χ3n) is 3.02. The summed E-state index contributed by atoms with van der Waals surface area (Å²) in [6.07, 6.45) is 1.61. The van der Waals surface area contributed by atoms with Crippen molar-refractivity contribution in [2.24, 2.45) is 0 Å². The normalized spacial score (nSPS) is 10.5. The first-order valence-corrected chi connectivity index (χ1v) is 6.90. The van der Waals surface area contributed by atoms with Crippen molar-refractivity contribution in [1.82, 2.24) is 9.88 Å². The molecule has 0 unspecified atom stereocenters. The molecule has 1 aromatic heterocycles. The van der Waals surface area contributed by atoms with Gasteiger partial charge in [0.2, 0.25) is 0 Å². The van der Waals surface area contributed by atoms with Gasteiger partial charge in [0.05, 0.1) is 6.61 Å². The van der Waals surface area contributed by atoms with Gasteiger partial charge in [0, 0.05) is 32.9 Å². The molecule has 0 aliphatic heterocycles. The molecule has 1 heterocycles. The standard InChI is InChI=1S/C15H20N4O3/c1-4-7-19(8-9-20)14(21)16-11-5-6-13-12(10-11)17-15(22-13)18(2)3/h4-6,10,20H,1,7-9H2,2-3H3,(H,16,21). The van der Waals surface area contributed by atoms with E-state index in [1.54, 1.807) is 29.2 Å². The molecule has 0 aliphatic carbocycles. The number of rotatable bonds is 6. The van der Waals surface area contributed by atoms with Gasteiger partial charge in [0.15, 0.2) is 5.58 Å². The van der Waals surface area contributed by atoms with E-state index >= 15 is 0 Å². The predicted molar refractivity (Wildman–Crippen MR) is 86.2 cm³/mol. The molecule has 2 amide bonds. The van der Waals surface area contributed by atoms with Crippen LogP contribution in [-0.2, 0) is 0 Å². The Balaban J connectivity index is 2.16. The minimum atomic E-state index is -0.301. The van der Waals surface area contributed by atoms with Crippen LogP contribution in [0.4, 0.5) is 16.5 Å². The summed E-state index contributed by atoms with van der Waals surface area (Å²) in [4.78, 5) is 19.7. The zero-order valence-electron chi connectivity index (χ0n) is 12.7. The van der Waals surface area contributed by atoms with Gasteiger partial charge >= 0.3 is 6.03 Å². The lowest BCUT2D eigenvalue weighted by atomic mass is 10.3. The molecule has 1 aromatic carbocycles. The molecule has 7 nitrogen and oxygen atoms in total. The summed E-state index contributed by atoms with van der Waals surface area (Å²) >= 11 is 0. The molecule has 0 fully saturated rings. The smallest absolute Gasteiger partial charge is 0.322 e. The number of fused-ring (bicyclic) bond motifs is 1. The van der Waals surface area contributed by atoms with Gasteiger partial charge in [-0.3, -0.25) is 0 Å².